The summed E-state index contributed by atoms with van der Waals surface area (Å²) in [7, 11) is 3.37. The molecule has 3 heteroatoms. The van der Waals surface area contributed by atoms with Crippen molar-refractivity contribution in [2.24, 2.45) is 0 Å². The van der Waals surface area contributed by atoms with Crippen molar-refractivity contribution in [3.8, 4) is 11.5 Å². The molecule has 0 fully saturated rings. The van der Waals surface area contributed by atoms with Gasteiger partial charge in [0, 0.05) is 18.7 Å². The van der Waals surface area contributed by atoms with Gasteiger partial charge in [-0.25, -0.2) is 0 Å². The van der Waals surface area contributed by atoms with E-state index in [1.807, 2.05) is 18.2 Å². The Morgan fingerprint density at radius 2 is 1.45 bits per heavy atom. The maximum atomic E-state index is 5.41. The highest BCUT2D eigenvalue weighted by atomic mass is 16.5. The fourth-order valence-corrected chi connectivity index (χ4v) is 2.56. The molecule has 0 amide bonds. The zero-order valence-electron chi connectivity index (χ0n) is 14.1. The van der Waals surface area contributed by atoms with Crippen LogP contribution in [-0.4, -0.2) is 14.2 Å². The molecule has 0 radical (unpaired) electrons. The second-order valence-corrected chi connectivity index (χ2v) is 5.64. The number of nitrogens with one attached hydrogen (secondary N) is 1. The Labute approximate surface area is 133 Å². The van der Waals surface area contributed by atoms with Crippen molar-refractivity contribution >= 4 is 0 Å². The van der Waals surface area contributed by atoms with E-state index < -0.39 is 0 Å². The summed E-state index contributed by atoms with van der Waals surface area (Å²) >= 11 is 0. The van der Waals surface area contributed by atoms with Gasteiger partial charge in [0.2, 0.25) is 0 Å². The highest BCUT2D eigenvalue weighted by Gasteiger charge is 2.06. The Bertz CT molecular complexity index is 650. The van der Waals surface area contributed by atoms with Crippen LogP contribution in [0.25, 0.3) is 0 Å². The van der Waals surface area contributed by atoms with Crippen molar-refractivity contribution in [3.63, 3.8) is 0 Å². The van der Waals surface area contributed by atoms with E-state index in [0.717, 1.165) is 30.2 Å². The standard InChI is InChI=1S/C19H25NO2/c1-13-8-15(3)16(9-14(13)2)11-20-12-17-10-18(21-4)6-7-19(17)22-5/h6-10,20H,11-12H2,1-5H3. The minimum Gasteiger partial charge on any atom is -0.497 e. The Kier molecular flexibility index (Phi) is 5.45. The topological polar surface area (TPSA) is 30.5 Å². The molecule has 2 aromatic rings. The summed E-state index contributed by atoms with van der Waals surface area (Å²) in [4.78, 5) is 0. The van der Waals surface area contributed by atoms with Gasteiger partial charge in [-0.1, -0.05) is 12.1 Å². The third kappa shape index (κ3) is 3.80. The molecule has 2 aromatic carbocycles. The lowest BCUT2D eigenvalue weighted by Gasteiger charge is -2.13. The number of aryl methyl sites for hydroxylation is 3. The lowest BCUT2D eigenvalue weighted by atomic mass is 10.0. The number of hydrogen-bond acceptors (Lipinski definition) is 3. The third-order valence-electron chi connectivity index (χ3n) is 4.07. The van der Waals surface area contributed by atoms with Crippen LogP contribution in [0, 0.1) is 20.8 Å². The van der Waals surface area contributed by atoms with E-state index in [4.69, 9.17) is 9.47 Å². The molecule has 0 bridgehead atoms. The molecule has 0 spiro atoms. The highest BCUT2D eigenvalue weighted by molar-refractivity contribution is 5.40. The summed E-state index contributed by atoms with van der Waals surface area (Å²) in [5.41, 5.74) is 6.44. The second-order valence-electron chi connectivity index (χ2n) is 5.64. The first-order valence-corrected chi connectivity index (χ1v) is 7.53. The maximum absolute atomic E-state index is 5.41. The zero-order valence-corrected chi connectivity index (χ0v) is 14.1. The monoisotopic (exact) mass is 299 g/mol. The predicted molar refractivity (Wildman–Crippen MR) is 90.7 cm³/mol. The molecule has 3 nitrogen and oxygen atoms in total. The Morgan fingerprint density at radius 3 is 2.14 bits per heavy atom. The van der Waals surface area contributed by atoms with Crippen LogP contribution in [0.4, 0.5) is 0 Å². The Hall–Kier alpha value is -2.00. The van der Waals surface area contributed by atoms with Gasteiger partial charge in [-0.2, -0.15) is 0 Å². The largest absolute Gasteiger partial charge is 0.497 e. The maximum Gasteiger partial charge on any atom is 0.123 e. The molecule has 1 N–H and O–H groups in total. The number of benzene rings is 2. The van der Waals surface area contributed by atoms with E-state index in [0.29, 0.717) is 0 Å². The van der Waals surface area contributed by atoms with Gasteiger partial charge < -0.3 is 14.8 Å². The molecule has 0 unspecified atom stereocenters. The molecular formula is C19H25NO2. The van der Waals surface area contributed by atoms with Gasteiger partial charge in [-0.15, -0.1) is 0 Å². The average molecular weight is 299 g/mol. The van der Waals surface area contributed by atoms with Crippen molar-refractivity contribution in [3.05, 3.63) is 58.1 Å². The lowest BCUT2D eigenvalue weighted by molar-refractivity contribution is 0.397. The van der Waals surface area contributed by atoms with E-state index in [1.165, 1.54) is 22.3 Å². The number of rotatable bonds is 6. The first-order chi connectivity index (χ1) is 10.5. The van der Waals surface area contributed by atoms with E-state index in [2.05, 4.69) is 38.2 Å². The molecule has 0 aromatic heterocycles. The quantitative estimate of drug-likeness (QED) is 0.877. The number of hydrogen-bond donors (Lipinski definition) is 1. The molecular weight excluding hydrogens is 274 g/mol. The van der Waals surface area contributed by atoms with E-state index in [9.17, 15) is 0 Å². The SMILES string of the molecule is COc1ccc(OC)c(CNCc2cc(C)c(C)cc2C)c1. The van der Waals surface area contributed by atoms with Gasteiger partial charge >= 0.3 is 0 Å². The summed E-state index contributed by atoms with van der Waals surface area (Å²) in [6, 6.07) is 10.4. The molecule has 2 rings (SSSR count). The van der Waals surface area contributed by atoms with Crippen LogP contribution < -0.4 is 14.8 Å². The smallest absolute Gasteiger partial charge is 0.123 e. The summed E-state index contributed by atoms with van der Waals surface area (Å²) in [5.74, 6) is 1.73. The Balaban J connectivity index is 2.06. The lowest BCUT2D eigenvalue weighted by Crippen LogP contribution is -2.14. The van der Waals surface area contributed by atoms with Gasteiger partial charge in [0.05, 0.1) is 14.2 Å². The normalized spacial score (nSPS) is 10.6. The molecule has 0 aliphatic rings. The second kappa shape index (κ2) is 7.32. The van der Waals surface area contributed by atoms with E-state index >= 15 is 0 Å². The molecule has 0 heterocycles. The minimum atomic E-state index is 0.743. The van der Waals surface area contributed by atoms with Crippen LogP contribution in [0.2, 0.25) is 0 Å². The highest BCUT2D eigenvalue weighted by Crippen LogP contribution is 2.24. The van der Waals surface area contributed by atoms with Crippen LogP contribution in [0.5, 0.6) is 11.5 Å². The molecule has 0 aliphatic heterocycles. The summed E-state index contributed by atoms with van der Waals surface area (Å²) in [6.07, 6.45) is 0. The third-order valence-corrected chi connectivity index (χ3v) is 4.07. The molecule has 0 atom stereocenters. The fourth-order valence-electron chi connectivity index (χ4n) is 2.56. The molecule has 0 aliphatic carbocycles. The van der Waals surface area contributed by atoms with Crippen LogP contribution in [-0.2, 0) is 13.1 Å². The van der Waals surface area contributed by atoms with Crippen molar-refractivity contribution in [2.45, 2.75) is 33.9 Å². The average Bonchev–Trinajstić information content (AvgIpc) is 2.52. The zero-order chi connectivity index (χ0) is 16.1. The number of methoxy groups -OCH3 is 2. The van der Waals surface area contributed by atoms with Crippen molar-refractivity contribution in [1.29, 1.82) is 0 Å². The van der Waals surface area contributed by atoms with Gasteiger partial charge in [-0.05, 0) is 61.2 Å². The van der Waals surface area contributed by atoms with Crippen molar-refractivity contribution < 1.29 is 9.47 Å². The molecule has 22 heavy (non-hydrogen) atoms. The van der Waals surface area contributed by atoms with E-state index in [-0.39, 0.29) is 0 Å². The molecule has 0 saturated carbocycles. The van der Waals surface area contributed by atoms with Crippen LogP contribution in [0.1, 0.15) is 27.8 Å². The summed E-state index contributed by atoms with van der Waals surface area (Å²) in [5, 5.41) is 3.50. The minimum absolute atomic E-state index is 0.743. The first-order valence-electron chi connectivity index (χ1n) is 7.53. The van der Waals surface area contributed by atoms with E-state index in [1.54, 1.807) is 14.2 Å². The summed E-state index contributed by atoms with van der Waals surface area (Å²) < 4.78 is 10.7. The molecule has 118 valence electrons. The first kappa shape index (κ1) is 16.4. The van der Waals surface area contributed by atoms with Crippen molar-refractivity contribution in [1.82, 2.24) is 5.32 Å². The van der Waals surface area contributed by atoms with Gasteiger partial charge in [0.15, 0.2) is 0 Å². The van der Waals surface area contributed by atoms with Crippen LogP contribution in [0.15, 0.2) is 30.3 Å². The van der Waals surface area contributed by atoms with Gasteiger partial charge in [0.25, 0.3) is 0 Å². The van der Waals surface area contributed by atoms with Crippen LogP contribution in [0.3, 0.4) is 0 Å². The Morgan fingerprint density at radius 1 is 0.773 bits per heavy atom. The number of ether oxygens (including phenoxy) is 2. The van der Waals surface area contributed by atoms with Gasteiger partial charge in [-0.3, -0.25) is 0 Å². The van der Waals surface area contributed by atoms with Crippen LogP contribution >= 0.6 is 0 Å². The fraction of sp³-hybridized carbons (Fsp3) is 0.368. The molecule has 0 saturated heterocycles. The van der Waals surface area contributed by atoms with Crippen molar-refractivity contribution in [2.75, 3.05) is 14.2 Å². The summed E-state index contributed by atoms with van der Waals surface area (Å²) in [6.45, 7) is 8.06. The van der Waals surface area contributed by atoms with Gasteiger partial charge in [0.1, 0.15) is 11.5 Å². The predicted octanol–water partition coefficient (Wildman–Crippen LogP) is 3.92.